The van der Waals surface area contributed by atoms with Crippen molar-refractivity contribution >= 4 is 0 Å². The molecule has 0 heterocycles. The first-order chi connectivity index (χ1) is 10.1. The van der Waals surface area contributed by atoms with E-state index in [9.17, 15) is 4.39 Å². The molecule has 0 amide bonds. The van der Waals surface area contributed by atoms with E-state index < -0.39 is 0 Å². The molecule has 1 aliphatic carbocycles. The normalized spacial score (nSPS) is 24.0. The lowest BCUT2D eigenvalue weighted by molar-refractivity contribution is 0.218. The zero-order valence-corrected chi connectivity index (χ0v) is 13.8. The summed E-state index contributed by atoms with van der Waals surface area (Å²) in [5.41, 5.74) is 2.13. The Bertz CT molecular complexity index is 415. The van der Waals surface area contributed by atoms with Crippen molar-refractivity contribution in [3.8, 4) is 0 Å². The van der Waals surface area contributed by atoms with Crippen molar-refractivity contribution in [2.45, 2.75) is 64.8 Å². The number of aryl methyl sites for hydroxylation is 1. The maximum absolute atomic E-state index is 13.7. The maximum atomic E-state index is 13.7. The van der Waals surface area contributed by atoms with Crippen molar-refractivity contribution in [3.05, 3.63) is 35.1 Å². The molecule has 1 atom stereocenters. The molecule has 1 N–H and O–H groups in total. The summed E-state index contributed by atoms with van der Waals surface area (Å²) in [6.45, 7) is 4.25. The average molecular weight is 291 g/mol. The molecule has 21 heavy (non-hydrogen) atoms. The van der Waals surface area contributed by atoms with Crippen LogP contribution in [0.15, 0.2) is 18.2 Å². The smallest absolute Gasteiger partial charge is 0.123 e. The van der Waals surface area contributed by atoms with Crippen molar-refractivity contribution in [2.24, 2.45) is 11.8 Å². The van der Waals surface area contributed by atoms with Crippen LogP contribution in [0, 0.1) is 24.6 Å². The number of benzene rings is 1. The standard InChI is InChI=1S/C19H30FN/c1-4-5-6-15-7-9-16(10-8-15)19(21-3)17-11-14(2)12-18(20)13-17/h11-13,15-16,19,21H,4-10H2,1-3H3. The van der Waals surface area contributed by atoms with Gasteiger partial charge in [-0.1, -0.05) is 45.1 Å². The van der Waals surface area contributed by atoms with Gasteiger partial charge in [-0.2, -0.15) is 0 Å². The molecule has 0 bridgehead atoms. The molecule has 1 nitrogen and oxygen atoms in total. The quantitative estimate of drug-likeness (QED) is 0.741. The first-order valence-corrected chi connectivity index (χ1v) is 8.58. The Morgan fingerprint density at radius 3 is 2.48 bits per heavy atom. The van der Waals surface area contributed by atoms with Crippen molar-refractivity contribution in [3.63, 3.8) is 0 Å². The van der Waals surface area contributed by atoms with E-state index in [0.29, 0.717) is 12.0 Å². The minimum atomic E-state index is -0.109. The molecule has 1 aromatic carbocycles. The van der Waals surface area contributed by atoms with Gasteiger partial charge in [0.05, 0.1) is 0 Å². The van der Waals surface area contributed by atoms with Crippen LogP contribution in [-0.4, -0.2) is 7.05 Å². The largest absolute Gasteiger partial charge is 0.313 e. The van der Waals surface area contributed by atoms with Gasteiger partial charge in [0.1, 0.15) is 5.82 Å². The lowest BCUT2D eigenvalue weighted by Gasteiger charge is -2.34. The molecule has 0 spiro atoms. The second-order valence-electron chi connectivity index (χ2n) is 6.75. The summed E-state index contributed by atoms with van der Waals surface area (Å²) in [6.07, 6.45) is 9.31. The Balaban J connectivity index is 1.99. The first kappa shape index (κ1) is 16.5. The van der Waals surface area contributed by atoms with Gasteiger partial charge in [0, 0.05) is 6.04 Å². The highest BCUT2D eigenvalue weighted by Gasteiger charge is 2.27. The fourth-order valence-corrected chi connectivity index (χ4v) is 3.92. The lowest BCUT2D eigenvalue weighted by atomic mass is 9.75. The van der Waals surface area contributed by atoms with Gasteiger partial charge in [-0.05, 0) is 61.9 Å². The number of rotatable bonds is 6. The highest BCUT2D eigenvalue weighted by atomic mass is 19.1. The van der Waals surface area contributed by atoms with Gasteiger partial charge in [0.25, 0.3) is 0 Å². The van der Waals surface area contributed by atoms with Gasteiger partial charge in [-0.15, -0.1) is 0 Å². The summed E-state index contributed by atoms with van der Waals surface area (Å²) in [4.78, 5) is 0. The van der Waals surface area contributed by atoms with Gasteiger partial charge in [-0.25, -0.2) is 4.39 Å². The van der Waals surface area contributed by atoms with Crippen LogP contribution in [0.5, 0.6) is 0 Å². The van der Waals surface area contributed by atoms with Crippen LogP contribution in [-0.2, 0) is 0 Å². The fraction of sp³-hybridized carbons (Fsp3) is 0.684. The molecule has 2 rings (SSSR count). The second kappa shape index (κ2) is 7.93. The number of hydrogen-bond donors (Lipinski definition) is 1. The minimum absolute atomic E-state index is 0.109. The fourth-order valence-electron chi connectivity index (χ4n) is 3.92. The molecule has 1 unspecified atom stereocenters. The number of nitrogens with one attached hydrogen (secondary N) is 1. The van der Waals surface area contributed by atoms with Crippen LogP contribution in [0.3, 0.4) is 0 Å². The summed E-state index contributed by atoms with van der Waals surface area (Å²) in [5, 5.41) is 3.43. The van der Waals surface area contributed by atoms with E-state index in [2.05, 4.69) is 18.3 Å². The topological polar surface area (TPSA) is 12.0 Å². The average Bonchev–Trinajstić information content (AvgIpc) is 2.46. The van der Waals surface area contributed by atoms with E-state index in [4.69, 9.17) is 0 Å². The van der Waals surface area contributed by atoms with Crippen LogP contribution in [0.4, 0.5) is 4.39 Å². The van der Waals surface area contributed by atoms with Crippen LogP contribution in [0.1, 0.15) is 69.0 Å². The van der Waals surface area contributed by atoms with Crippen molar-refractivity contribution < 1.29 is 4.39 Å². The summed E-state index contributed by atoms with van der Waals surface area (Å²) < 4.78 is 13.7. The van der Waals surface area contributed by atoms with Gasteiger partial charge in [0.15, 0.2) is 0 Å². The molecule has 1 fully saturated rings. The zero-order valence-electron chi connectivity index (χ0n) is 13.8. The third-order valence-electron chi connectivity index (χ3n) is 5.06. The maximum Gasteiger partial charge on any atom is 0.123 e. The third kappa shape index (κ3) is 4.54. The van der Waals surface area contributed by atoms with Crippen molar-refractivity contribution in [1.29, 1.82) is 0 Å². The Kier molecular flexibility index (Phi) is 6.22. The first-order valence-electron chi connectivity index (χ1n) is 8.58. The van der Waals surface area contributed by atoms with E-state index in [1.165, 1.54) is 44.9 Å². The number of unbranched alkanes of at least 4 members (excludes halogenated alkanes) is 1. The predicted octanol–water partition coefficient (Wildman–Crippen LogP) is 5.39. The monoisotopic (exact) mass is 291 g/mol. The van der Waals surface area contributed by atoms with E-state index in [-0.39, 0.29) is 5.82 Å². The Hall–Kier alpha value is -0.890. The molecule has 1 saturated carbocycles. The lowest BCUT2D eigenvalue weighted by Crippen LogP contribution is -2.29. The Morgan fingerprint density at radius 2 is 1.90 bits per heavy atom. The van der Waals surface area contributed by atoms with E-state index in [1.807, 2.05) is 14.0 Å². The predicted molar refractivity (Wildman–Crippen MR) is 87.9 cm³/mol. The van der Waals surface area contributed by atoms with Crippen molar-refractivity contribution in [2.75, 3.05) is 7.05 Å². The summed E-state index contributed by atoms with van der Waals surface area (Å²) in [6, 6.07) is 5.74. The van der Waals surface area contributed by atoms with Gasteiger partial charge < -0.3 is 5.32 Å². The molecule has 2 heteroatoms. The van der Waals surface area contributed by atoms with Crippen LogP contribution in [0.2, 0.25) is 0 Å². The van der Waals surface area contributed by atoms with E-state index >= 15 is 0 Å². The highest BCUT2D eigenvalue weighted by molar-refractivity contribution is 5.27. The molecule has 118 valence electrons. The second-order valence-corrected chi connectivity index (χ2v) is 6.75. The minimum Gasteiger partial charge on any atom is -0.313 e. The molecule has 0 radical (unpaired) electrons. The summed E-state index contributed by atoms with van der Waals surface area (Å²) in [7, 11) is 2.01. The number of halogens is 1. The Labute approximate surface area is 129 Å². The molecular weight excluding hydrogens is 261 g/mol. The molecule has 0 saturated heterocycles. The van der Waals surface area contributed by atoms with Gasteiger partial charge in [0.2, 0.25) is 0 Å². The van der Waals surface area contributed by atoms with E-state index in [1.54, 1.807) is 12.1 Å². The van der Waals surface area contributed by atoms with Crippen LogP contribution < -0.4 is 5.32 Å². The SMILES string of the molecule is CCCCC1CCC(C(NC)c2cc(C)cc(F)c2)CC1. The highest BCUT2D eigenvalue weighted by Crippen LogP contribution is 2.38. The molecule has 1 aliphatic rings. The third-order valence-corrected chi connectivity index (χ3v) is 5.06. The van der Waals surface area contributed by atoms with Gasteiger partial charge >= 0.3 is 0 Å². The molecular formula is C19H30FN. The van der Waals surface area contributed by atoms with Crippen LogP contribution >= 0.6 is 0 Å². The molecule has 0 aromatic heterocycles. The van der Waals surface area contributed by atoms with Crippen molar-refractivity contribution in [1.82, 2.24) is 5.32 Å². The number of hydrogen-bond acceptors (Lipinski definition) is 1. The molecule has 0 aliphatic heterocycles. The van der Waals surface area contributed by atoms with Gasteiger partial charge in [-0.3, -0.25) is 0 Å². The summed E-state index contributed by atoms with van der Waals surface area (Å²) in [5.74, 6) is 1.46. The van der Waals surface area contributed by atoms with Crippen LogP contribution in [0.25, 0.3) is 0 Å². The van der Waals surface area contributed by atoms with E-state index in [0.717, 1.165) is 17.0 Å². The summed E-state index contributed by atoms with van der Waals surface area (Å²) >= 11 is 0. The molecule has 1 aromatic rings. The zero-order chi connectivity index (χ0) is 15.2. The Morgan fingerprint density at radius 1 is 1.19 bits per heavy atom.